The Labute approximate surface area is 185 Å². The van der Waals surface area contributed by atoms with Crippen molar-refractivity contribution in [1.82, 2.24) is 4.98 Å². The molecule has 0 aliphatic carbocycles. The van der Waals surface area contributed by atoms with Gasteiger partial charge in [-0.15, -0.1) is 0 Å². The number of aliphatic imine (C=N–C) groups is 1. The summed E-state index contributed by atoms with van der Waals surface area (Å²) in [6.07, 6.45) is -4.38. The standard InChI is InChI=1S/C21H20F4N4O2S/c1-2-11-3-6-16(27-8-11)18(30)28-12-4-5-15(22)13(7-12)20-10-31-17(21(23,24)25)14(20)9-32-19(26)29-20/h3-8,14,17H,2,9-10H2,1H3,(H2,26,29)(H,28,30)/t14-,17+,20-/m1/s1. The minimum Gasteiger partial charge on any atom is -0.379 e. The molecule has 170 valence electrons. The molecule has 1 amide bonds. The van der Waals surface area contributed by atoms with Gasteiger partial charge in [-0.05, 0) is 36.2 Å². The van der Waals surface area contributed by atoms with Crippen LogP contribution in [-0.4, -0.2) is 40.7 Å². The van der Waals surface area contributed by atoms with E-state index < -0.39 is 42.1 Å². The number of alkyl halides is 3. The van der Waals surface area contributed by atoms with E-state index in [0.29, 0.717) is 0 Å². The number of amides is 1. The number of halogens is 4. The van der Waals surface area contributed by atoms with Crippen LogP contribution in [0.4, 0.5) is 23.2 Å². The maximum absolute atomic E-state index is 14.9. The van der Waals surface area contributed by atoms with Gasteiger partial charge in [-0.1, -0.05) is 24.8 Å². The van der Waals surface area contributed by atoms with Crippen LogP contribution in [0.1, 0.15) is 28.5 Å². The minimum atomic E-state index is -4.63. The van der Waals surface area contributed by atoms with E-state index in [0.717, 1.165) is 29.8 Å². The molecule has 1 saturated heterocycles. The average molecular weight is 468 g/mol. The highest BCUT2D eigenvalue weighted by atomic mass is 32.2. The van der Waals surface area contributed by atoms with Crippen molar-refractivity contribution in [1.29, 1.82) is 0 Å². The van der Waals surface area contributed by atoms with E-state index in [1.54, 1.807) is 18.3 Å². The van der Waals surface area contributed by atoms with E-state index in [1.165, 1.54) is 12.1 Å². The van der Waals surface area contributed by atoms with Gasteiger partial charge in [0.15, 0.2) is 11.3 Å². The van der Waals surface area contributed by atoms with Crippen LogP contribution in [0.2, 0.25) is 0 Å². The summed E-state index contributed by atoms with van der Waals surface area (Å²) in [6, 6.07) is 7.03. The second kappa shape index (κ2) is 8.36. The molecule has 0 saturated carbocycles. The molecule has 2 aromatic rings. The number of hydrogen-bond donors (Lipinski definition) is 2. The number of pyridine rings is 1. The monoisotopic (exact) mass is 468 g/mol. The molecule has 3 atom stereocenters. The molecule has 0 bridgehead atoms. The van der Waals surface area contributed by atoms with Crippen molar-refractivity contribution in [2.75, 3.05) is 17.7 Å². The number of thioether (sulfide) groups is 1. The number of aryl methyl sites for hydroxylation is 1. The molecule has 1 fully saturated rings. The highest BCUT2D eigenvalue weighted by Gasteiger charge is 2.62. The maximum atomic E-state index is 14.9. The smallest absolute Gasteiger partial charge is 0.379 e. The zero-order valence-corrected chi connectivity index (χ0v) is 17.8. The van der Waals surface area contributed by atoms with Crippen LogP contribution in [0.15, 0.2) is 41.5 Å². The van der Waals surface area contributed by atoms with Gasteiger partial charge in [0, 0.05) is 29.1 Å². The van der Waals surface area contributed by atoms with Gasteiger partial charge in [-0.2, -0.15) is 13.2 Å². The fraction of sp³-hybridized carbons (Fsp3) is 0.381. The van der Waals surface area contributed by atoms with E-state index in [2.05, 4.69) is 15.3 Å². The molecule has 2 aliphatic rings. The molecular formula is C21H20F4N4O2S. The Morgan fingerprint density at radius 2 is 2.12 bits per heavy atom. The number of nitrogens with two attached hydrogens (primary N) is 1. The van der Waals surface area contributed by atoms with Crippen LogP contribution >= 0.6 is 11.8 Å². The zero-order valence-electron chi connectivity index (χ0n) is 16.9. The van der Waals surface area contributed by atoms with Gasteiger partial charge in [-0.25, -0.2) is 9.38 Å². The summed E-state index contributed by atoms with van der Waals surface area (Å²) in [5.74, 6) is -2.47. The van der Waals surface area contributed by atoms with Gasteiger partial charge in [0.25, 0.3) is 5.91 Å². The number of anilines is 1. The van der Waals surface area contributed by atoms with Crippen molar-refractivity contribution >= 4 is 28.5 Å². The number of rotatable bonds is 4. The largest absolute Gasteiger partial charge is 0.415 e. The normalized spacial score (nSPS) is 25.2. The lowest BCUT2D eigenvalue weighted by molar-refractivity contribution is -0.215. The number of nitrogens with zero attached hydrogens (tertiary/aromatic N) is 2. The number of carbonyl (C=O) groups excluding carboxylic acids is 1. The molecule has 2 aliphatic heterocycles. The maximum Gasteiger partial charge on any atom is 0.415 e. The van der Waals surface area contributed by atoms with Crippen molar-refractivity contribution in [3.8, 4) is 0 Å². The number of amidine groups is 1. The van der Waals surface area contributed by atoms with Crippen LogP contribution < -0.4 is 11.1 Å². The molecule has 6 nitrogen and oxygen atoms in total. The van der Waals surface area contributed by atoms with Crippen LogP contribution in [0.5, 0.6) is 0 Å². The van der Waals surface area contributed by atoms with Gasteiger partial charge >= 0.3 is 6.18 Å². The summed E-state index contributed by atoms with van der Waals surface area (Å²) in [6.45, 7) is 1.48. The predicted octanol–water partition coefficient (Wildman–Crippen LogP) is 3.87. The summed E-state index contributed by atoms with van der Waals surface area (Å²) >= 11 is 0.976. The SMILES string of the molecule is CCc1ccc(C(=O)Nc2ccc(F)c([C@]34CO[C@H](C(F)(F)F)[C@H]3CSC(N)=N4)c2)nc1. The Bertz CT molecular complexity index is 1060. The van der Waals surface area contributed by atoms with Crippen LogP contribution in [0.25, 0.3) is 0 Å². The van der Waals surface area contributed by atoms with Crippen molar-refractivity contribution in [2.24, 2.45) is 16.6 Å². The quantitative estimate of drug-likeness (QED) is 0.665. The number of hydrogen-bond acceptors (Lipinski definition) is 6. The summed E-state index contributed by atoms with van der Waals surface area (Å²) < 4.78 is 60.6. The Hall–Kier alpha value is -2.66. The van der Waals surface area contributed by atoms with Crippen LogP contribution in [0.3, 0.4) is 0 Å². The lowest BCUT2D eigenvalue weighted by Gasteiger charge is -2.36. The average Bonchev–Trinajstić information content (AvgIpc) is 3.15. The number of nitrogens with one attached hydrogen (secondary N) is 1. The molecule has 1 aromatic carbocycles. The van der Waals surface area contributed by atoms with Gasteiger partial charge in [0.05, 0.1) is 6.61 Å². The van der Waals surface area contributed by atoms with Gasteiger partial charge in [0.2, 0.25) is 0 Å². The molecule has 0 spiro atoms. The topological polar surface area (TPSA) is 89.6 Å². The Morgan fingerprint density at radius 3 is 2.78 bits per heavy atom. The van der Waals surface area contributed by atoms with Crippen molar-refractivity contribution < 1.29 is 27.1 Å². The summed E-state index contributed by atoms with van der Waals surface area (Å²) in [5.41, 5.74) is 5.38. The van der Waals surface area contributed by atoms with Crippen LogP contribution in [-0.2, 0) is 16.7 Å². The van der Waals surface area contributed by atoms with Gasteiger partial charge in [-0.3, -0.25) is 9.78 Å². The first kappa shape index (κ1) is 22.5. The molecule has 0 unspecified atom stereocenters. The molecular weight excluding hydrogens is 448 g/mol. The summed E-state index contributed by atoms with van der Waals surface area (Å²) in [5, 5.41) is 2.67. The first-order valence-electron chi connectivity index (χ1n) is 9.87. The van der Waals surface area contributed by atoms with E-state index >= 15 is 0 Å². The highest BCUT2D eigenvalue weighted by Crippen LogP contribution is 2.52. The van der Waals surface area contributed by atoms with Crippen molar-refractivity contribution in [3.63, 3.8) is 0 Å². The van der Waals surface area contributed by atoms with Crippen LogP contribution in [0, 0.1) is 11.7 Å². The predicted molar refractivity (Wildman–Crippen MR) is 113 cm³/mol. The molecule has 3 heterocycles. The third-order valence-electron chi connectivity index (χ3n) is 5.66. The fourth-order valence-electron chi connectivity index (χ4n) is 3.99. The molecule has 3 N–H and O–H groups in total. The molecule has 0 radical (unpaired) electrons. The molecule has 11 heteroatoms. The highest BCUT2D eigenvalue weighted by molar-refractivity contribution is 8.13. The second-order valence-corrected chi connectivity index (χ2v) is 8.66. The van der Waals surface area contributed by atoms with Crippen molar-refractivity contribution in [2.45, 2.75) is 31.2 Å². The Morgan fingerprint density at radius 1 is 1.34 bits per heavy atom. The lowest BCUT2D eigenvalue weighted by Crippen LogP contribution is -2.46. The second-order valence-electron chi connectivity index (χ2n) is 7.62. The van der Waals surface area contributed by atoms with E-state index in [9.17, 15) is 22.4 Å². The molecule has 32 heavy (non-hydrogen) atoms. The van der Waals surface area contributed by atoms with E-state index in [-0.39, 0.29) is 27.9 Å². The Kier molecular flexibility index (Phi) is 5.89. The van der Waals surface area contributed by atoms with E-state index in [1.807, 2.05) is 6.92 Å². The third-order valence-corrected chi connectivity index (χ3v) is 6.57. The zero-order chi connectivity index (χ0) is 23.1. The fourth-order valence-corrected chi connectivity index (χ4v) is 5.02. The number of carbonyl (C=O) groups is 1. The lowest BCUT2D eigenvalue weighted by atomic mass is 9.78. The third kappa shape index (κ3) is 4.06. The van der Waals surface area contributed by atoms with Gasteiger partial charge in [0.1, 0.15) is 17.1 Å². The minimum absolute atomic E-state index is 0.0246. The number of fused-ring (bicyclic) bond motifs is 1. The molecule has 4 rings (SSSR count). The molecule has 1 aromatic heterocycles. The summed E-state index contributed by atoms with van der Waals surface area (Å²) in [7, 11) is 0. The number of benzene rings is 1. The Balaban J connectivity index is 1.68. The van der Waals surface area contributed by atoms with Gasteiger partial charge < -0.3 is 15.8 Å². The number of aromatic nitrogens is 1. The first-order valence-corrected chi connectivity index (χ1v) is 10.9. The number of ether oxygens (including phenoxy) is 1. The van der Waals surface area contributed by atoms with E-state index in [4.69, 9.17) is 10.5 Å². The van der Waals surface area contributed by atoms with Crippen molar-refractivity contribution in [3.05, 3.63) is 59.2 Å². The first-order chi connectivity index (χ1) is 15.1. The summed E-state index contributed by atoms with van der Waals surface area (Å²) in [4.78, 5) is 20.9.